The van der Waals surface area contributed by atoms with E-state index in [4.69, 9.17) is 4.74 Å². The van der Waals surface area contributed by atoms with E-state index in [-0.39, 0.29) is 10.6 Å². The van der Waals surface area contributed by atoms with Crippen LogP contribution < -0.4 is 15.4 Å². The van der Waals surface area contributed by atoms with Gasteiger partial charge in [-0.3, -0.25) is 15.0 Å². The van der Waals surface area contributed by atoms with Crippen LogP contribution in [0.2, 0.25) is 0 Å². The van der Waals surface area contributed by atoms with E-state index in [1.54, 1.807) is 6.07 Å². The van der Waals surface area contributed by atoms with Crippen LogP contribution in [0, 0.1) is 10.1 Å². The van der Waals surface area contributed by atoms with Crippen LogP contribution in [0.4, 0.5) is 17.2 Å². The molecular formula is C24H30N6O3. The molecule has 9 nitrogen and oxygen atoms in total. The van der Waals surface area contributed by atoms with E-state index in [2.05, 4.69) is 25.5 Å². The van der Waals surface area contributed by atoms with Crippen molar-refractivity contribution < 1.29 is 9.66 Å². The second-order valence-electron chi connectivity index (χ2n) is 8.15. The number of fused-ring (bicyclic) bond motifs is 1. The zero-order chi connectivity index (χ0) is 23.0. The van der Waals surface area contributed by atoms with E-state index in [1.807, 2.05) is 31.2 Å². The Hall–Kier alpha value is -3.46. The van der Waals surface area contributed by atoms with Crippen molar-refractivity contribution in [2.75, 3.05) is 43.4 Å². The summed E-state index contributed by atoms with van der Waals surface area (Å²) in [6.45, 7) is 6.93. The topological polar surface area (TPSA) is 105 Å². The first-order valence-corrected chi connectivity index (χ1v) is 11.5. The van der Waals surface area contributed by atoms with E-state index in [9.17, 15) is 10.1 Å². The van der Waals surface area contributed by atoms with Crippen molar-refractivity contribution in [2.45, 2.75) is 32.7 Å². The first kappa shape index (κ1) is 22.7. The molecule has 1 saturated heterocycles. The summed E-state index contributed by atoms with van der Waals surface area (Å²) in [7, 11) is 0. The maximum Gasteiger partial charge on any atom is 0.293 e. The highest BCUT2D eigenvalue weighted by Crippen LogP contribution is 2.32. The number of likely N-dealkylation sites (tertiary alicyclic amines) is 1. The molecule has 0 spiro atoms. The van der Waals surface area contributed by atoms with E-state index in [0.29, 0.717) is 42.1 Å². The Kier molecular flexibility index (Phi) is 7.51. The largest absolute Gasteiger partial charge is 0.492 e. The van der Waals surface area contributed by atoms with Gasteiger partial charge in [0.15, 0.2) is 0 Å². The van der Waals surface area contributed by atoms with E-state index < -0.39 is 0 Å². The summed E-state index contributed by atoms with van der Waals surface area (Å²) >= 11 is 0. The maximum absolute atomic E-state index is 11.5. The zero-order valence-corrected chi connectivity index (χ0v) is 18.9. The highest BCUT2D eigenvalue weighted by atomic mass is 16.6. The van der Waals surface area contributed by atoms with Crippen molar-refractivity contribution in [2.24, 2.45) is 0 Å². The predicted octanol–water partition coefficient (Wildman–Crippen LogP) is 4.45. The minimum atomic E-state index is -0.390. The van der Waals surface area contributed by atoms with Crippen LogP contribution in [0.25, 0.3) is 10.9 Å². The lowest BCUT2D eigenvalue weighted by atomic mass is 10.1. The van der Waals surface area contributed by atoms with Gasteiger partial charge in [0, 0.05) is 31.1 Å². The third-order valence-electron chi connectivity index (χ3n) is 5.80. The Balaban J connectivity index is 1.43. The number of piperidine rings is 1. The van der Waals surface area contributed by atoms with Gasteiger partial charge in [-0.2, -0.15) is 0 Å². The number of nitrogens with one attached hydrogen (secondary N) is 2. The van der Waals surface area contributed by atoms with Crippen molar-refractivity contribution in [3.05, 3.63) is 58.4 Å². The molecule has 1 aliphatic heterocycles. The first-order chi connectivity index (χ1) is 16.1. The number of benzene rings is 2. The summed E-state index contributed by atoms with van der Waals surface area (Å²) in [5.74, 6) is 1.40. The van der Waals surface area contributed by atoms with Crippen LogP contribution in [0.1, 0.15) is 31.7 Å². The number of hydrogen-bond acceptors (Lipinski definition) is 8. The second kappa shape index (κ2) is 10.9. The molecule has 1 aliphatic rings. The van der Waals surface area contributed by atoms with Gasteiger partial charge in [0.2, 0.25) is 0 Å². The van der Waals surface area contributed by atoms with Gasteiger partial charge in [-0.25, -0.2) is 9.97 Å². The quantitative estimate of drug-likeness (QED) is 0.345. The molecule has 0 radical (unpaired) electrons. The Morgan fingerprint density at radius 3 is 2.76 bits per heavy atom. The number of rotatable bonds is 10. The standard InChI is InChI=1S/C24H30N6O3/c1-2-25-22-15-21-20(14-23(22)30(31)32)24(28-17-27-21)26-16-18-7-6-8-19(13-18)33-12-11-29-9-4-3-5-10-29/h6-8,13-15,17,25H,2-5,9-12,16H2,1H3,(H,26,27,28). The highest BCUT2D eigenvalue weighted by molar-refractivity contribution is 5.94. The molecule has 0 atom stereocenters. The lowest BCUT2D eigenvalue weighted by molar-refractivity contribution is -0.383. The van der Waals surface area contributed by atoms with E-state index in [0.717, 1.165) is 30.9 Å². The minimum absolute atomic E-state index is 0.00584. The van der Waals surface area contributed by atoms with Gasteiger partial charge in [0.1, 0.15) is 30.2 Å². The molecule has 33 heavy (non-hydrogen) atoms. The number of nitro benzene ring substituents is 1. The lowest BCUT2D eigenvalue weighted by Gasteiger charge is -2.26. The predicted molar refractivity (Wildman–Crippen MR) is 130 cm³/mol. The number of anilines is 2. The van der Waals surface area contributed by atoms with Gasteiger partial charge >= 0.3 is 0 Å². The van der Waals surface area contributed by atoms with Gasteiger partial charge in [-0.1, -0.05) is 18.6 Å². The molecule has 0 aliphatic carbocycles. The Bertz CT molecular complexity index is 1100. The first-order valence-electron chi connectivity index (χ1n) is 11.5. The smallest absolute Gasteiger partial charge is 0.293 e. The fourth-order valence-electron chi connectivity index (χ4n) is 4.12. The molecule has 0 unspecified atom stereocenters. The zero-order valence-electron chi connectivity index (χ0n) is 18.9. The van der Waals surface area contributed by atoms with Crippen molar-refractivity contribution in [3.63, 3.8) is 0 Å². The third-order valence-corrected chi connectivity index (χ3v) is 5.80. The molecule has 174 valence electrons. The Labute approximate surface area is 193 Å². The molecule has 2 aromatic carbocycles. The van der Waals surface area contributed by atoms with Gasteiger partial charge in [-0.05, 0) is 56.6 Å². The van der Waals surface area contributed by atoms with Crippen LogP contribution in [-0.2, 0) is 6.54 Å². The van der Waals surface area contributed by atoms with Crippen LogP contribution in [0.15, 0.2) is 42.7 Å². The molecule has 1 fully saturated rings. The van der Waals surface area contributed by atoms with Gasteiger partial charge in [0.25, 0.3) is 5.69 Å². The van der Waals surface area contributed by atoms with E-state index >= 15 is 0 Å². The minimum Gasteiger partial charge on any atom is -0.492 e. The average Bonchev–Trinajstić information content (AvgIpc) is 2.83. The number of hydrogen-bond donors (Lipinski definition) is 2. The SMILES string of the molecule is CCNc1cc2ncnc(NCc3cccc(OCCN4CCCCC4)c3)c2cc1[N+](=O)[O-]. The van der Waals surface area contributed by atoms with Crippen molar-refractivity contribution in [1.82, 2.24) is 14.9 Å². The summed E-state index contributed by atoms with van der Waals surface area (Å²) in [6, 6.07) is 11.2. The maximum atomic E-state index is 11.5. The van der Waals surface area contributed by atoms with Crippen molar-refractivity contribution in [3.8, 4) is 5.75 Å². The average molecular weight is 451 g/mol. The lowest BCUT2D eigenvalue weighted by Crippen LogP contribution is -2.33. The molecule has 2 N–H and O–H groups in total. The van der Waals surface area contributed by atoms with Crippen LogP contribution in [0.5, 0.6) is 5.75 Å². The molecule has 0 bridgehead atoms. The third kappa shape index (κ3) is 5.87. The second-order valence-corrected chi connectivity index (χ2v) is 8.15. The molecule has 3 aromatic rings. The number of aromatic nitrogens is 2. The number of nitro groups is 1. The highest BCUT2D eigenvalue weighted by Gasteiger charge is 2.17. The number of nitrogens with zero attached hydrogens (tertiary/aromatic N) is 4. The summed E-state index contributed by atoms with van der Waals surface area (Å²) in [5, 5.41) is 18.5. The van der Waals surface area contributed by atoms with Crippen LogP contribution in [-0.4, -0.2) is 52.6 Å². The van der Waals surface area contributed by atoms with Gasteiger partial charge in [0.05, 0.1) is 10.4 Å². The summed E-state index contributed by atoms with van der Waals surface area (Å²) in [4.78, 5) is 22.2. The molecular weight excluding hydrogens is 420 g/mol. The van der Waals surface area contributed by atoms with Crippen molar-refractivity contribution in [1.29, 1.82) is 0 Å². The number of ether oxygens (including phenoxy) is 1. The fraction of sp³-hybridized carbons (Fsp3) is 0.417. The summed E-state index contributed by atoms with van der Waals surface area (Å²) in [6.07, 6.45) is 5.35. The molecule has 1 aromatic heterocycles. The van der Waals surface area contributed by atoms with Crippen LogP contribution >= 0.6 is 0 Å². The monoisotopic (exact) mass is 450 g/mol. The Morgan fingerprint density at radius 2 is 1.97 bits per heavy atom. The molecule has 9 heteroatoms. The van der Waals surface area contributed by atoms with E-state index in [1.165, 1.54) is 31.7 Å². The van der Waals surface area contributed by atoms with Gasteiger partial charge in [-0.15, -0.1) is 0 Å². The molecule has 4 rings (SSSR count). The van der Waals surface area contributed by atoms with Crippen LogP contribution in [0.3, 0.4) is 0 Å². The summed E-state index contributed by atoms with van der Waals surface area (Å²) < 4.78 is 5.97. The molecule has 0 saturated carbocycles. The normalized spacial score (nSPS) is 14.2. The molecule has 2 heterocycles. The molecule has 0 amide bonds. The Morgan fingerprint density at radius 1 is 1.12 bits per heavy atom. The summed E-state index contributed by atoms with van der Waals surface area (Å²) in [5.41, 5.74) is 2.14. The van der Waals surface area contributed by atoms with Crippen molar-refractivity contribution >= 4 is 28.1 Å². The van der Waals surface area contributed by atoms with Gasteiger partial charge < -0.3 is 15.4 Å². The fourth-order valence-corrected chi connectivity index (χ4v) is 4.12.